The van der Waals surface area contributed by atoms with Crippen LogP contribution in [0, 0.1) is 25.2 Å². The summed E-state index contributed by atoms with van der Waals surface area (Å²) in [4.78, 5) is 111. The zero-order chi connectivity index (χ0) is 88.4. The van der Waals surface area contributed by atoms with Crippen molar-refractivity contribution >= 4 is 129 Å². The maximum atomic E-state index is 14.1. The number of carbonyl (C=O) groups excluding carboxylic acids is 6. The number of nitrogens with zero attached hydrogens (tertiary/aromatic N) is 11. The van der Waals surface area contributed by atoms with Gasteiger partial charge in [-0.1, -0.05) is 108 Å². The minimum Gasteiger partial charge on any atom is -0.493 e. The van der Waals surface area contributed by atoms with E-state index >= 15 is 0 Å². The molecule has 12 aromatic rings. The minimum absolute atomic E-state index is 0.205. The highest BCUT2D eigenvalue weighted by atomic mass is 35.5. The number of hydrogen-bond acceptors (Lipinski definition) is 22. The van der Waals surface area contributed by atoms with E-state index in [1.165, 1.54) is 60.6 Å². The fourth-order valence-corrected chi connectivity index (χ4v) is 20.6. The number of alkyl halides is 1. The molecule has 1 saturated carbocycles. The molecule has 1 aliphatic carbocycles. The molecule has 0 radical (unpaired) electrons. The van der Waals surface area contributed by atoms with E-state index < -0.39 is 29.1 Å². The average molecular weight is 1770 g/mol. The molecule has 3 saturated heterocycles. The number of aryl methyl sites for hydroxylation is 1. The first-order chi connectivity index (χ1) is 61.2. The van der Waals surface area contributed by atoms with Crippen LogP contribution in [0.25, 0.3) is 53.6 Å². The van der Waals surface area contributed by atoms with Crippen molar-refractivity contribution in [2.75, 3.05) is 110 Å². The third kappa shape index (κ3) is 19.6. The van der Waals surface area contributed by atoms with Gasteiger partial charge >= 0.3 is 11.9 Å². The Hall–Kier alpha value is -11.7. The summed E-state index contributed by atoms with van der Waals surface area (Å²) in [5.41, 5.74) is 14.3. The number of imide groups is 1. The van der Waals surface area contributed by atoms with Gasteiger partial charge in [-0.15, -0.1) is 11.6 Å². The summed E-state index contributed by atoms with van der Waals surface area (Å²) in [5, 5.41) is 15.5. The van der Waals surface area contributed by atoms with Gasteiger partial charge < -0.3 is 43.4 Å². The molecule has 0 bridgehead atoms. The van der Waals surface area contributed by atoms with Crippen LogP contribution in [0.5, 0.6) is 11.5 Å². The number of benzene rings is 7. The normalized spacial score (nSPS) is 16.8. The molecule has 3 N–H and O–H groups in total. The minimum atomic E-state index is -0.732. The Balaban J connectivity index is 0.000000205. The Morgan fingerprint density at radius 3 is 1.56 bits per heavy atom. The van der Waals surface area contributed by atoms with Crippen LogP contribution in [-0.4, -0.2) is 171 Å². The Labute approximate surface area is 753 Å². The van der Waals surface area contributed by atoms with Gasteiger partial charge in [-0.3, -0.25) is 39.8 Å². The summed E-state index contributed by atoms with van der Waals surface area (Å²) in [6.07, 6.45) is 9.00. The lowest BCUT2D eigenvalue weighted by molar-refractivity contribution is -0.134. The van der Waals surface area contributed by atoms with Crippen molar-refractivity contribution in [1.82, 2.24) is 44.8 Å². The van der Waals surface area contributed by atoms with Crippen LogP contribution in [0.4, 0.5) is 27.6 Å². The number of hydrogen-bond donors (Lipinski definition) is 3. The topological polar surface area (TPSA) is 261 Å². The zero-order valence-electron chi connectivity index (χ0n) is 73.6. The summed E-state index contributed by atoms with van der Waals surface area (Å²) >= 11 is 8.76. The van der Waals surface area contributed by atoms with Gasteiger partial charge in [-0.05, 0) is 242 Å². The van der Waals surface area contributed by atoms with Crippen LogP contribution in [0.1, 0.15) is 180 Å². The van der Waals surface area contributed by atoms with Crippen molar-refractivity contribution < 1.29 is 47.7 Å². The number of anilines is 5. The lowest BCUT2D eigenvalue weighted by Gasteiger charge is -2.55. The van der Waals surface area contributed by atoms with Gasteiger partial charge in [-0.25, -0.2) is 29.5 Å². The Kier molecular flexibility index (Phi) is 25.7. The number of thiazole rings is 2. The van der Waals surface area contributed by atoms with Crippen molar-refractivity contribution in [3.05, 3.63) is 225 Å². The monoisotopic (exact) mass is 1760 g/mol. The predicted molar refractivity (Wildman–Crippen MR) is 503 cm³/mol. The summed E-state index contributed by atoms with van der Waals surface area (Å²) < 4.78 is 28.3. The lowest BCUT2D eigenvalue weighted by Crippen LogP contribution is -2.58. The fraction of sp³-hybridized carbons (Fsp3) is 0.390. The summed E-state index contributed by atoms with van der Waals surface area (Å²) in [6.45, 7) is 27.1. The van der Waals surface area contributed by atoms with Gasteiger partial charge in [0.1, 0.15) is 34.3 Å². The van der Waals surface area contributed by atoms with Crippen LogP contribution in [-0.2, 0) is 52.0 Å². The number of pyridine rings is 2. The number of rotatable bonds is 23. The van der Waals surface area contributed by atoms with Crippen molar-refractivity contribution in [3.63, 3.8) is 0 Å². The van der Waals surface area contributed by atoms with Crippen molar-refractivity contribution in [2.45, 2.75) is 150 Å². The highest BCUT2D eigenvalue weighted by molar-refractivity contribution is 7.22. The van der Waals surface area contributed by atoms with E-state index in [0.29, 0.717) is 114 Å². The smallest absolute Gasteiger partial charge is 0.358 e. The van der Waals surface area contributed by atoms with Crippen molar-refractivity contribution in [1.29, 1.82) is 0 Å². The van der Waals surface area contributed by atoms with Crippen LogP contribution in [0.2, 0.25) is 0 Å². The van der Waals surface area contributed by atoms with E-state index in [2.05, 4.69) is 80.7 Å². The Morgan fingerprint density at radius 1 is 0.543 bits per heavy atom. The van der Waals surface area contributed by atoms with Crippen LogP contribution >= 0.6 is 34.3 Å². The average Bonchev–Trinajstić information content (AvgIpc) is 1.65. The van der Waals surface area contributed by atoms with E-state index in [1.54, 1.807) is 0 Å². The lowest BCUT2D eigenvalue weighted by atomic mass is 9.65. The highest BCUT2D eigenvalue weighted by Crippen LogP contribution is 2.50. The second-order valence-corrected chi connectivity index (χ2v) is 38.8. The quantitative estimate of drug-likeness (QED) is 0.0233. The maximum absolute atomic E-state index is 14.1. The number of esters is 2. The number of nitrogens with one attached hydrogen (secondary N) is 3. The zero-order valence-corrected chi connectivity index (χ0v) is 76.0. The second-order valence-electron chi connectivity index (χ2n) is 36.3. The molecule has 4 amide bonds. The van der Waals surface area contributed by atoms with Crippen LogP contribution in [0.15, 0.2) is 164 Å². The van der Waals surface area contributed by atoms with E-state index in [0.717, 1.165) is 164 Å². The number of aromatic nitrogens is 6. The van der Waals surface area contributed by atoms with E-state index in [-0.39, 0.29) is 35.0 Å². The molecular weight excluding hydrogens is 1660 g/mol. The molecule has 4 fully saturated rings. The Bertz CT molecular complexity index is 6100. The molecule has 5 aromatic heterocycles. The molecule has 5 aliphatic heterocycles. The first-order valence-electron chi connectivity index (χ1n) is 44.3. The number of halogens is 1. The van der Waals surface area contributed by atoms with Gasteiger partial charge in [0.25, 0.3) is 11.8 Å². The highest BCUT2D eigenvalue weighted by Gasteiger charge is 2.47. The number of piperidine rings is 1. The molecule has 18 rings (SSSR count). The van der Waals surface area contributed by atoms with E-state index in [4.69, 9.17) is 45.6 Å². The molecule has 7 aromatic carbocycles. The van der Waals surface area contributed by atoms with E-state index in [9.17, 15) is 28.8 Å². The largest absolute Gasteiger partial charge is 0.493 e. The summed E-state index contributed by atoms with van der Waals surface area (Å²) in [7, 11) is 1.97. The second kappa shape index (κ2) is 37.3. The number of carbonyl (C=O) groups is 6. The molecular formula is C100H109ClN14O10S2. The number of ether oxygens (including phenoxy) is 4. The molecule has 658 valence electrons. The first kappa shape index (κ1) is 87.4. The molecule has 24 nitrogen and oxygen atoms in total. The van der Waals surface area contributed by atoms with Gasteiger partial charge in [0.2, 0.25) is 11.8 Å². The number of amides is 4. The molecule has 127 heavy (non-hydrogen) atoms. The standard InChI is InChI=1S/C63H72N10O6S.C37H37ClN4O4S/c1-40-43(44-20-22-53(65-56(44)60(77)79-62(2,3)4)72-30-26-42-12-8-14-45(48(42)37-72)58(75)67-61-64-49-16-6-7-19-52(49)80-61)13-10-18-51(40)78-35-11-29-70-31-33-71(34-32-70)36-41-24-27-63(28-25-41)38-73(39-63)50-17-9-15-46-55(68-69(5)57(46)50)47-21-23-54(74)66-59(47)76;1-23-25(11-8-14-30(23)45-21-9-19-38)26-16-17-32(40-33(26)35(44)46-37(2,3)4)42-20-18-24-10-7-12-27(28(24)22-42)34(43)41-36-39-29-13-5-6-15-31(29)47-36/h6-10,12-20,22,41,47H,11,21,23-39H2,1-5H3,(H,64,67,75)(H,66,74,76);5-8,10-17H,9,18-22H2,1-4H3,(H,39,41,43). The number of para-hydroxylation sites is 3. The molecule has 1 spiro atoms. The van der Waals surface area contributed by atoms with Crippen molar-refractivity contribution in [3.8, 4) is 33.8 Å². The molecule has 10 heterocycles. The predicted octanol–water partition coefficient (Wildman–Crippen LogP) is 18.4. The maximum Gasteiger partial charge on any atom is 0.358 e. The van der Waals surface area contributed by atoms with E-state index in [1.807, 2.05) is 201 Å². The van der Waals surface area contributed by atoms with Gasteiger partial charge in [-0.2, -0.15) is 5.10 Å². The van der Waals surface area contributed by atoms with Gasteiger partial charge in [0.05, 0.1) is 56.5 Å². The summed E-state index contributed by atoms with van der Waals surface area (Å²) in [6, 6.07) is 53.3. The van der Waals surface area contributed by atoms with Gasteiger partial charge in [0.15, 0.2) is 21.7 Å². The third-order valence-electron chi connectivity index (χ3n) is 25.2. The van der Waals surface area contributed by atoms with Crippen LogP contribution in [0.3, 0.4) is 0 Å². The van der Waals surface area contributed by atoms with Crippen LogP contribution < -0.4 is 40.1 Å². The molecule has 27 heteroatoms. The number of fused-ring (bicyclic) bond motifs is 5. The molecule has 1 unspecified atom stereocenters. The fourth-order valence-electron chi connectivity index (χ4n) is 18.7. The third-order valence-corrected chi connectivity index (χ3v) is 27.4. The molecule has 6 aliphatic rings. The van der Waals surface area contributed by atoms with Crippen molar-refractivity contribution in [2.24, 2.45) is 18.4 Å². The summed E-state index contributed by atoms with van der Waals surface area (Å²) in [5.74, 6) is 1.78. The Morgan fingerprint density at radius 2 is 1.05 bits per heavy atom. The molecule has 1 atom stereocenters. The SMILES string of the molecule is Cc1c(OCCCCl)cccc1-c1ccc(N2CCc3cccc(C(=O)Nc4nc5ccccc5s4)c3C2)nc1C(=O)OC(C)(C)C.Cc1c(OCCCN2CCN(CC3CCC4(CC3)CN(c3cccc5c(C6CCC(=O)NC6=O)nn(C)c35)C4)CC2)cccc1-c1ccc(N2CCc3cccc(C(=O)Nc4nc5ccccc5s4)c3C2)nc1C(=O)OC(C)(C)C. The number of piperazine rings is 1. The first-order valence-corrected chi connectivity index (χ1v) is 46.5. The van der Waals surface area contributed by atoms with Gasteiger partial charge in [0, 0.05) is 131 Å².